The Bertz CT molecular complexity index is 234. The molecule has 1 heterocycles. The first-order chi connectivity index (χ1) is 7.27. The standard InChI is InChI=1S/C8H14N4O.C2H6/c1-10-8(11-6-9)12-4-2-3-7(13)5-12;1-2/h7,13H,2-5H2,1H3,(H,10,11);1-2H3. The molecule has 0 amide bonds. The highest BCUT2D eigenvalue weighted by Crippen LogP contribution is 2.09. The summed E-state index contributed by atoms with van der Waals surface area (Å²) in [4.78, 5) is 5.82. The molecule has 5 heteroatoms. The van der Waals surface area contributed by atoms with E-state index >= 15 is 0 Å². The Balaban J connectivity index is 0.000000921. The fourth-order valence-electron chi connectivity index (χ4n) is 1.47. The van der Waals surface area contributed by atoms with E-state index in [-0.39, 0.29) is 6.10 Å². The first-order valence-electron chi connectivity index (χ1n) is 5.33. The third-order valence-corrected chi connectivity index (χ3v) is 2.08. The molecule has 0 spiro atoms. The van der Waals surface area contributed by atoms with E-state index < -0.39 is 0 Å². The molecule has 0 bridgehead atoms. The van der Waals surface area contributed by atoms with Gasteiger partial charge in [0.1, 0.15) is 0 Å². The average molecular weight is 212 g/mol. The van der Waals surface area contributed by atoms with Crippen molar-refractivity contribution in [2.24, 2.45) is 4.99 Å². The van der Waals surface area contributed by atoms with Crippen molar-refractivity contribution in [2.45, 2.75) is 32.8 Å². The zero-order chi connectivity index (χ0) is 11.7. The summed E-state index contributed by atoms with van der Waals surface area (Å²) < 4.78 is 0. The van der Waals surface area contributed by atoms with Gasteiger partial charge in [-0.2, -0.15) is 5.26 Å². The van der Waals surface area contributed by atoms with E-state index in [2.05, 4.69) is 10.3 Å². The molecule has 1 aliphatic rings. The number of nitriles is 1. The Morgan fingerprint density at radius 2 is 2.27 bits per heavy atom. The van der Waals surface area contributed by atoms with Crippen LogP contribution in [-0.4, -0.2) is 42.2 Å². The Labute approximate surface area is 91.4 Å². The lowest BCUT2D eigenvalue weighted by molar-refractivity contribution is 0.102. The first-order valence-corrected chi connectivity index (χ1v) is 5.33. The highest BCUT2D eigenvalue weighted by Gasteiger charge is 2.19. The van der Waals surface area contributed by atoms with Crippen molar-refractivity contribution in [1.82, 2.24) is 10.2 Å². The van der Waals surface area contributed by atoms with Gasteiger partial charge in [-0.15, -0.1) is 0 Å². The molecule has 1 atom stereocenters. The molecule has 86 valence electrons. The lowest BCUT2D eigenvalue weighted by atomic mass is 10.1. The monoisotopic (exact) mass is 212 g/mol. The van der Waals surface area contributed by atoms with Crippen LogP contribution < -0.4 is 5.32 Å². The van der Waals surface area contributed by atoms with Crippen molar-refractivity contribution in [3.63, 3.8) is 0 Å². The summed E-state index contributed by atoms with van der Waals surface area (Å²) >= 11 is 0. The van der Waals surface area contributed by atoms with Crippen LogP contribution in [0.2, 0.25) is 0 Å². The van der Waals surface area contributed by atoms with Gasteiger partial charge in [0.15, 0.2) is 6.19 Å². The topological polar surface area (TPSA) is 71.7 Å². The largest absolute Gasteiger partial charge is 0.391 e. The van der Waals surface area contributed by atoms with Gasteiger partial charge in [0.05, 0.1) is 6.10 Å². The minimum atomic E-state index is -0.300. The molecule has 1 aliphatic heterocycles. The second-order valence-corrected chi connectivity index (χ2v) is 3.03. The molecular weight excluding hydrogens is 192 g/mol. The molecule has 2 N–H and O–H groups in total. The molecule has 0 aromatic rings. The number of hydrogen-bond acceptors (Lipinski definition) is 3. The number of β-amino-alcohol motifs (C(OH)–C–C–N with tert-alkyl or cyclic N) is 1. The molecule has 0 saturated carbocycles. The Hall–Kier alpha value is -1.28. The van der Waals surface area contributed by atoms with Crippen molar-refractivity contribution in [3.05, 3.63) is 0 Å². The molecule has 1 unspecified atom stereocenters. The fraction of sp³-hybridized carbons (Fsp3) is 0.800. The predicted molar refractivity (Wildman–Crippen MR) is 60.3 cm³/mol. The Morgan fingerprint density at radius 1 is 1.60 bits per heavy atom. The lowest BCUT2D eigenvalue weighted by Gasteiger charge is -2.31. The molecule has 0 aromatic heterocycles. The van der Waals surface area contributed by atoms with Gasteiger partial charge in [-0.25, -0.2) is 0 Å². The number of nitrogens with zero attached hydrogens (tertiary/aromatic N) is 3. The first kappa shape index (κ1) is 13.7. The van der Waals surface area contributed by atoms with Crippen molar-refractivity contribution < 1.29 is 5.11 Å². The number of aliphatic hydroxyl groups is 1. The summed E-state index contributed by atoms with van der Waals surface area (Å²) in [5.41, 5.74) is 0. The van der Waals surface area contributed by atoms with E-state index in [1.165, 1.54) is 0 Å². The summed E-state index contributed by atoms with van der Waals surface area (Å²) in [5.74, 6) is 0.543. The number of nitrogens with one attached hydrogen (secondary N) is 1. The van der Waals surface area contributed by atoms with Crippen LogP contribution in [-0.2, 0) is 0 Å². The van der Waals surface area contributed by atoms with Crippen molar-refractivity contribution in [2.75, 3.05) is 20.1 Å². The Morgan fingerprint density at radius 3 is 2.73 bits per heavy atom. The van der Waals surface area contributed by atoms with Gasteiger partial charge < -0.3 is 10.0 Å². The van der Waals surface area contributed by atoms with Gasteiger partial charge in [-0.3, -0.25) is 10.3 Å². The maximum Gasteiger partial charge on any atom is 0.207 e. The number of piperidine rings is 1. The summed E-state index contributed by atoms with van der Waals surface area (Å²) in [7, 11) is 1.63. The summed E-state index contributed by atoms with van der Waals surface area (Å²) in [5, 5.41) is 20.3. The third-order valence-electron chi connectivity index (χ3n) is 2.08. The molecule has 5 nitrogen and oxygen atoms in total. The molecular formula is C10H20N4O. The van der Waals surface area contributed by atoms with Gasteiger partial charge in [0, 0.05) is 20.1 Å². The molecule has 1 rings (SSSR count). The zero-order valence-electron chi connectivity index (χ0n) is 9.69. The molecule has 15 heavy (non-hydrogen) atoms. The second-order valence-electron chi connectivity index (χ2n) is 3.03. The molecule has 1 saturated heterocycles. The van der Waals surface area contributed by atoms with Crippen LogP contribution in [0.3, 0.4) is 0 Å². The number of likely N-dealkylation sites (tertiary alicyclic amines) is 1. The van der Waals surface area contributed by atoms with Crippen molar-refractivity contribution >= 4 is 5.96 Å². The van der Waals surface area contributed by atoms with Crippen LogP contribution >= 0.6 is 0 Å². The average Bonchev–Trinajstić information content (AvgIpc) is 2.28. The fourth-order valence-corrected chi connectivity index (χ4v) is 1.47. The molecule has 1 fully saturated rings. The van der Waals surface area contributed by atoms with E-state index in [1.807, 2.05) is 24.9 Å². The highest BCUT2D eigenvalue weighted by molar-refractivity contribution is 5.81. The van der Waals surface area contributed by atoms with Gasteiger partial charge in [0.25, 0.3) is 0 Å². The normalized spacial score (nSPS) is 21.1. The van der Waals surface area contributed by atoms with Crippen LogP contribution in [0.15, 0.2) is 4.99 Å². The van der Waals surface area contributed by atoms with Crippen LogP contribution in [0.1, 0.15) is 26.7 Å². The smallest absolute Gasteiger partial charge is 0.207 e. The maximum atomic E-state index is 9.38. The van der Waals surface area contributed by atoms with Crippen LogP contribution in [0.4, 0.5) is 0 Å². The minimum Gasteiger partial charge on any atom is -0.391 e. The number of hydrogen-bond donors (Lipinski definition) is 2. The number of guanidine groups is 1. The van der Waals surface area contributed by atoms with Crippen LogP contribution in [0.25, 0.3) is 0 Å². The minimum absolute atomic E-state index is 0.300. The second kappa shape index (κ2) is 8.06. The quantitative estimate of drug-likeness (QED) is 0.266. The van der Waals surface area contributed by atoms with Crippen LogP contribution in [0, 0.1) is 11.5 Å². The summed E-state index contributed by atoms with van der Waals surface area (Å²) in [6, 6.07) is 0. The maximum absolute atomic E-state index is 9.38. The number of aliphatic hydroxyl groups excluding tert-OH is 1. The molecule has 0 aliphatic carbocycles. The zero-order valence-corrected chi connectivity index (χ0v) is 9.69. The van der Waals surface area contributed by atoms with Gasteiger partial charge >= 0.3 is 0 Å². The Kier molecular flexibility index (Phi) is 7.38. The molecule has 0 radical (unpaired) electrons. The number of rotatable bonds is 0. The van der Waals surface area contributed by atoms with E-state index in [1.54, 1.807) is 7.05 Å². The van der Waals surface area contributed by atoms with Gasteiger partial charge in [-0.1, -0.05) is 13.8 Å². The third kappa shape index (κ3) is 4.66. The van der Waals surface area contributed by atoms with Gasteiger partial charge in [0.2, 0.25) is 5.96 Å². The van der Waals surface area contributed by atoms with E-state index in [9.17, 15) is 5.11 Å². The predicted octanol–water partition coefficient (Wildman–Crippen LogP) is 0.526. The summed E-state index contributed by atoms with van der Waals surface area (Å²) in [6.07, 6.45) is 3.30. The number of aliphatic imine (C=N–C) groups is 1. The summed E-state index contributed by atoms with van der Waals surface area (Å²) in [6.45, 7) is 5.40. The van der Waals surface area contributed by atoms with Crippen LogP contribution in [0.5, 0.6) is 0 Å². The lowest BCUT2D eigenvalue weighted by Crippen LogP contribution is -2.46. The van der Waals surface area contributed by atoms with Gasteiger partial charge in [-0.05, 0) is 12.8 Å². The highest BCUT2D eigenvalue weighted by atomic mass is 16.3. The van der Waals surface area contributed by atoms with E-state index in [0.29, 0.717) is 12.5 Å². The SMILES string of the molecule is CC.CN=C(NC#N)N1CCCC(O)C1. The van der Waals surface area contributed by atoms with E-state index in [4.69, 9.17) is 5.26 Å². The molecule has 0 aromatic carbocycles. The van der Waals surface area contributed by atoms with Crippen molar-refractivity contribution in [1.29, 1.82) is 5.26 Å². The van der Waals surface area contributed by atoms with Crippen molar-refractivity contribution in [3.8, 4) is 6.19 Å². The van der Waals surface area contributed by atoms with E-state index in [0.717, 1.165) is 19.4 Å².